The maximum absolute atomic E-state index is 13.4. The van der Waals surface area contributed by atoms with Gasteiger partial charge in [0.25, 0.3) is 5.92 Å². The monoisotopic (exact) mass is 232 g/mol. The van der Waals surface area contributed by atoms with Crippen LogP contribution in [-0.4, -0.2) is 17.0 Å². The van der Waals surface area contributed by atoms with Gasteiger partial charge in [-0.05, 0) is 30.6 Å². The summed E-state index contributed by atoms with van der Waals surface area (Å²) >= 11 is 0. The average Bonchev–Trinajstić information content (AvgIpc) is 2.69. The molecule has 0 spiro atoms. The van der Waals surface area contributed by atoms with E-state index in [0.29, 0.717) is 12.8 Å². The molecule has 0 aromatic rings. The van der Waals surface area contributed by atoms with Crippen molar-refractivity contribution in [2.75, 3.05) is 0 Å². The number of carboxylic acids is 1. The first-order valence-corrected chi connectivity index (χ1v) is 5.83. The van der Waals surface area contributed by atoms with E-state index in [9.17, 15) is 13.6 Å². The van der Waals surface area contributed by atoms with Crippen molar-refractivity contribution in [2.24, 2.45) is 16.7 Å². The second-order valence-corrected chi connectivity index (χ2v) is 6.12. The van der Waals surface area contributed by atoms with Gasteiger partial charge in [0.15, 0.2) is 0 Å². The smallest absolute Gasteiger partial charge is 0.316 e. The summed E-state index contributed by atoms with van der Waals surface area (Å²) < 4.78 is 26.7. The van der Waals surface area contributed by atoms with Crippen LogP contribution in [0.1, 0.15) is 46.0 Å². The fraction of sp³-hybridized carbons (Fsp3) is 0.917. The van der Waals surface area contributed by atoms with Crippen LogP contribution >= 0.6 is 0 Å². The molecule has 2 unspecified atom stereocenters. The predicted octanol–water partition coefficient (Wildman–Crippen LogP) is 3.31. The molecule has 16 heavy (non-hydrogen) atoms. The Morgan fingerprint density at radius 2 is 1.94 bits per heavy atom. The highest BCUT2D eigenvalue weighted by atomic mass is 19.3. The van der Waals surface area contributed by atoms with Crippen molar-refractivity contribution in [3.63, 3.8) is 0 Å². The first-order chi connectivity index (χ1) is 7.21. The van der Waals surface area contributed by atoms with Gasteiger partial charge in [0.1, 0.15) is 5.41 Å². The molecule has 2 nitrogen and oxygen atoms in total. The molecule has 2 fully saturated rings. The van der Waals surface area contributed by atoms with Crippen LogP contribution in [0, 0.1) is 16.7 Å². The lowest BCUT2D eigenvalue weighted by molar-refractivity contribution is -0.152. The summed E-state index contributed by atoms with van der Waals surface area (Å²) in [6.45, 7) is 4.07. The van der Waals surface area contributed by atoms with Crippen LogP contribution in [0.2, 0.25) is 0 Å². The van der Waals surface area contributed by atoms with E-state index < -0.39 is 23.7 Å². The van der Waals surface area contributed by atoms with E-state index in [4.69, 9.17) is 5.11 Å². The SMILES string of the molecule is CC1(C)CCCC(C2(C(=O)O)CC2(F)F)C1. The van der Waals surface area contributed by atoms with E-state index in [1.807, 2.05) is 13.8 Å². The van der Waals surface area contributed by atoms with Gasteiger partial charge in [-0.2, -0.15) is 0 Å². The van der Waals surface area contributed by atoms with Crippen molar-refractivity contribution >= 4 is 5.97 Å². The minimum absolute atomic E-state index is 0.00400. The number of hydrogen-bond donors (Lipinski definition) is 1. The molecular weight excluding hydrogens is 214 g/mol. The van der Waals surface area contributed by atoms with Crippen molar-refractivity contribution in [3.8, 4) is 0 Å². The number of halogens is 2. The van der Waals surface area contributed by atoms with Crippen LogP contribution in [0.5, 0.6) is 0 Å². The van der Waals surface area contributed by atoms with Crippen LogP contribution in [0.25, 0.3) is 0 Å². The second kappa shape index (κ2) is 3.17. The van der Waals surface area contributed by atoms with Gasteiger partial charge in [-0.1, -0.05) is 20.3 Å². The Balaban J connectivity index is 2.21. The Kier molecular flexibility index (Phi) is 2.34. The van der Waals surface area contributed by atoms with Gasteiger partial charge in [0, 0.05) is 6.42 Å². The molecule has 0 saturated heterocycles. The van der Waals surface area contributed by atoms with Crippen LogP contribution in [0.4, 0.5) is 8.78 Å². The van der Waals surface area contributed by atoms with E-state index in [1.54, 1.807) is 0 Å². The number of aliphatic carboxylic acids is 1. The first-order valence-electron chi connectivity index (χ1n) is 5.83. The lowest BCUT2D eigenvalue weighted by atomic mass is 9.67. The van der Waals surface area contributed by atoms with E-state index in [-0.39, 0.29) is 11.3 Å². The molecular formula is C12H18F2O2. The van der Waals surface area contributed by atoms with Crippen molar-refractivity contribution in [3.05, 3.63) is 0 Å². The van der Waals surface area contributed by atoms with Gasteiger partial charge in [-0.3, -0.25) is 4.79 Å². The minimum atomic E-state index is -2.99. The number of carboxylic acid groups (broad SMARTS) is 1. The standard InChI is InChI=1S/C12H18F2O2/c1-10(2)5-3-4-8(6-10)11(9(15)16)7-12(11,13)14/h8H,3-7H2,1-2H3,(H,15,16). The molecule has 1 N–H and O–H groups in total. The van der Waals surface area contributed by atoms with Crippen molar-refractivity contribution in [1.82, 2.24) is 0 Å². The predicted molar refractivity (Wildman–Crippen MR) is 55.4 cm³/mol. The van der Waals surface area contributed by atoms with E-state index >= 15 is 0 Å². The van der Waals surface area contributed by atoms with E-state index in [0.717, 1.165) is 12.8 Å². The molecule has 0 aromatic heterocycles. The summed E-state index contributed by atoms with van der Waals surface area (Å²) in [7, 11) is 0. The third kappa shape index (κ3) is 1.54. The molecule has 0 aliphatic heterocycles. The summed E-state index contributed by atoms with van der Waals surface area (Å²) in [5.41, 5.74) is -1.74. The Labute approximate surface area is 94.0 Å². The van der Waals surface area contributed by atoms with E-state index in [1.165, 1.54) is 0 Å². The zero-order valence-corrected chi connectivity index (χ0v) is 9.72. The van der Waals surface area contributed by atoms with Gasteiger partial charge >= 0.3 is 5.97 Å². The summed E-state index contributed by atoms with van der Waals surface area (Å²) in [6, 6.07) is 0. The summed E-state index contributed by atoms with van der Waals surface area (Å²) in [4.78, 5) is 11.1. The maximum atomic E-state index is 13.4. The number of hydrogen-bond acceptors (Lipinski definition) is 1. The molecule has 0 radical (unpaired) electrons. The van der Waals surface area contributed by atoms with Gasteiger partial charge < -0.3 is 5.11 Å². The van der Waals surface area contributed by atoms with Crippen LogP contribution in [-0.2, 0) is 4.79 Å². The molecule has 0 amide bonds. The normalized spacial score (nSPS) is 40.4. The maximum Gasteiger partial charge on any atom is 0.316 e. The first kappa shape index (κ1) is 11.8. The number of rotatable bonds is 2. The Hall–Kier alpha value is -0.670. The molecule has 2 saturated carbocycles. The fourth-order valence-electron chi connectivity index (χ4n) is 3.27. The number of carbonyl (C=O) groups is 1. The van der Waals surface area contributed by atoms with Crippen LogP contribution in [0.15, 0.2) is 0 Å². The van der Waals surface area contributed by atoms with E-state index in [2.05, 4.69) is 0 Å². The quantitative estimate of drug-likeness (QED) is 0.793. The molecule has 0 heterocycles. The Morgan fingerprint density at radius 1 is 1.38 bits per heavy atom. The van der Waals surface area contributed by atoms with Crippen molar-refractivity contribution in [2.45, 2.75) is 51.9 Å². The molecule has 4 heteroatoms. The van der Waals surface area contributed by atoms with Crippen molar-refractivity contribution < 1.29 is 18.7 Å². The Bertz CT molecular complexity index is 325. The van der Waals surface area contributed by atoms with Gasteiger partial charge in [-0.25, -0.2) is 8.78 Å². The number of alkyl halides is 2. The largest absolute Gasteiger partial charge is 0.481 e. The molecule has 2 atom stereocenters. The lowest BCUT2D eigenvalue weighted by Crippen LogP contribution is -2.36. The van der Waals surface area contributed by atoms with Crippen LogP contribution < -0.4 is 0 Å². The molecule has 92 valence electrons. The topological polar surface area (TPSA) is 37.3 Å². The second-order valence-electron chi connectivity index (χ2n) is 6.12. The molecule has 2 aliphatic carbocycles. The molecule has 0 aromatic carbocycles. The minimum Gasteiger partial charge on any atom is -0.481 e. The Morgan fingerprint density at radius 3 is 2.31 bits per heavy atom. The van der Waals surface area contributed by atoms with Crippen molar-refractivity contribution in [1.29, 1.82) is 0 Å². The third-order valence-corrected chi connectivity index (χ3v) is 4.31. The molecule has 0 bridgehead atoms. The van der Waals surface area contributed by atoms with Crippen LogP contribution in [0.3, 0.4) is 0 Å². The summed E-state index contributed by atoms with van der Waals surface area (Å²) in [6.07, 6.45) is 2.64. The summed E-state index contributed by atoms with van der Waals surface area (Å²) in [5.74, 6) is -4.65. The zero-order valence-electron chi connectivity index (χ0n) is 9.72. The highest BCUT2D eigenvalue weighted by molar-refractivity contribution is 5.81. The van der Waals surface area contributed by atoms with Gasteiger partial charge in [-0.15, -0.1) is 0 Å². The average molecular weight is 232 g/mol. The molecule has 2 rings (SSSR count). The van der Waals surface area contributed by atoms with Gasteiger partial charge in [0.05, 0.1) is 0 Å². The highest BCUT2D eigenvalue weighted by Crippen LogP contribution is 2.68. The highest BCUT2D eigenvalue weighted by Gasteiger charge is 2.79. The summed E-state index contributed by atoms with van der Waals surface area (Å²) in [5, 5.41) is 9.08. The lowest BCUT2D eigenvalue weighted by Gasteiger charge is -2.38. The third-order valence-electron chi connectivity index (χ3n) is 4.31. The zero-order chi connectivity index (χ0) is 12.2. The molecule has 2 aliphatic rings. The van der Waals surface area contributed by atoms with Gasteiger partial charge in [0.2, 0.25) is 0 Å². The fourth-order valence-corrected chi connectivity index (χ4v) is 3.27.